The first-order chi connectivity index (χ1) is 7.97. The van der Waals surface area contributed by atoms with E-state index in [2.05, 4.69) is 16.6 Å². The number of carbonyl (C=O) groups excluding carboxylic acids is 1. The number of likely N-dealkylation sites (N-methyl/N-ethyl adjacent to an activating group) is 1. The van der Waals surface area contributed by atoms with E-state index in [0.29, 0.717) is 13.0 Å². The van der Waals surface area contributed by atoms with Crippen molar-refractivity contribution in [2.24, 2.45) is 5.73 Å². The van der Waals surface area contributed by atoms with Gasteiger partial charge in [-0.05, 0) is 26.8 Å². The van der Waals surface area contributed by atoms with Crippen molar-refractivity contribution in [3.05, 3.63) is 0 Å². The van der Waals surface area contributed by atoms with Crippen molar-refractivity contribution in [3.8, 4) is 0 Å². The van der Waals surface area contributed by atoms with Crippen molar-refractivity contribution in [1.82, 2.24) is 4.90 Å². The van der Waals surface area contributed by atoms with Crippen LogP contribution < -0.4 is 5.73 Å². The van der Waals surface area contributed by atoms with E-state index >= 15 is 0 Å². The highest BCUT2D eigenvalue weighted by Gasteiger charge is 2.29. The number of ether oxygens (including phenoxy) is 2. The van der Waals surface area contributed by atoms with Gasteiger partial charge in [-0.3, -0.25) is 4.79 Å². The molecular weight excluding hydrogens is 220 g/mol. The molecule has 0 bridgehead atoms. The van der Waals surface area contributed by atoms with Gasteiger partial charge in [-0.2, -0.15) is 0 Å². The molecule has 0 fully saturated rings. The lowest BCUT2D eigenvalue weighted by molar-refractivity contribution is -0.146. The monoisotopic (exact) mass is 246 g/mol. The van der Waals surface area contributed by atoms with Crippen molar-refractivity contribution < 1.29 is 14.3 Å². The molecule has 0 aromatic rings. The van der Waals surface area contributed by atoms with Crippen LogP contribution in [-0.2, 0) is 14.3 Å². The molecule has 0 aromatic heterocycles. The number of esters is 1. The number of nitrogens with two attached hydrogens (primary N) is 1. The maximum absolute atomic E-state index is 11.4. The fourth-order valence-corrected chi connectivity index (χ4v) is 1.49. The van der Waals surface area contributed by atoms with Crippen molar-refractivity contribution in [3.63, 3.8) is 0 Å². The van der Waals surface area contributed by atoms with Gasteiger partial charge in [0.15, 0.2) is 0 Å². The van der Waals surface area contributed by atoms with Gasteiger partial charge in [0.25, 0.3) is 0 Å². The van der Waals surface area contributed by atoms with E-state index in [9.17, 15) is 4.79 Å². The second kappa shape index (κ2) is 8.44. The van der Waals surface area contributed by atoms with Crippen LogP contribution in [0, 0.1) is 0 Å². The van der Waals surface area contributed by atoms with E-state index in [-0.39, 0.29) is 5.97 Å². The predicted molar refractivity (Wildman–Crippen MR) is 67.8 cm³/mol. The summed E-state index contributed by atoms with van der Waals surface area (Å²) in [6, 6.07) is 0. The average Bonchev–Trinajstić information content (AvgIpc) is 2.32. The van der Waals surface area contributed by atoms with E-state index in [1.54, 1.807) is 6.92 Å². The van der Waals surface area contributed by atoms with Crippen LogP contribution in [0.25, 0.3) is 0 Å². The van der Waals surface area contributed by atoms with E-state index in [1.807, 2.05) is 6.92 Å². The molecule has 0 radical (unpaired) electrons. The highest BCUT2D eigenvalue weighted by atomic mass is 16.5. The average molecular weight is 246 g/mol. The van der Waals surface area contributed by atoms with Gasteiger partial charge in [-0.15, -0.1) is 0 Å². The topological polar surface area (TPSA) is 64.8 Å². The van der Waals surface area contributed by atoms with Crippen LogP contribution in [-0.4, -0.2) is 56.4 Å². The summed E-state index contributed by atoms with van der Waals surface area (Å²) in [4.78, 5) is 13.6. The zero-order chi connectivity index (χ0) is 13.3. The summed E-state index contributed by atoms with van der Waals surface area (Å²) in [6.07, 6.45) is 0.583. The highest BCUT2D eigenvalue weighted by molar-refractivity contribution is 5.79. The first kappa shape index (κ1) is 16.4. The molecule has 0 spiro atoms. The Hall–Kier alpha value is -0.650. The van der Waals surface area contributed by atoms with Crippen LogP contribution >= 0.6 is 0 Å². The van der Waals surface area contributed by atoms with Crippen LogP contribution in [0.2, 0.25) is 0 Å². The molecule has 0 aromatic carbocycles. The summed E-state index contributed by atoms with van der Waals surface area (Å²) in [6.45, 7) is 9.76. The molecule has 5 heteroatoms. The van der Waals surface area contributed by atoms with Crippen molar-refractivity contribution in [1.29, 1.82) is 0 Å². The van der Waals surface area contributed by atoms with E-state index < -0.39 is 5.54 Å². The highest BCUT2D eigenvalue weighted by Crippen LogP contribution is 2.09. The van der Waals surface area contributed by atoms with Gasteiger partial charge in [0.1, 0.15) is 5.54 Å². The Morgan fingerprint density at radius 1 is 1.35 bits per heavy atom. The SMILES string of the molecule is CCOCCN(CC)CCC(C)(N)C(=O)OC. The van der Waals surface area contributed by atoms with Crippen LogP contribution in [0.4, 0.5) is 0 Å². The van der Waals surface area contributed by atoms with Gasteiger partial charge in [0.2, 0.25) is 0 Å². The van der Waals surface area contributed by atoms with Gasteiger partial charge in [0, 0.05) is 19.7 Å². The summed E-state index contributed by atoms with van der Waals surface area (Å²) in [7, 11) is 1.36. The van der Waals surface area contributed by atoms with Crippen LogP contribution in [0.15, 0.2) is 0 Å². The Bertz CT molecular complexity index is 220. The Kier molecular flexibility index (Phi) is 8.12. The molecule has 5 nitrogen and oxygen atoms in total. The molecule has 2 N–H and O–H groups in total. The molecule has 0 aliphatic heterocycles. The second-order valence-electron chi connectivity index (χ2n) is 4.29. The molecule has 0 saturated carbocycles. The number of nitrogens with zero attached hydrogens (tertiary/aromatic N) is 1. The smallest absolute Gasteiger partial charge is 0.325 e. The van der Waals surface area contributed by atoms with Gasteiger partial charge in [-0.25, -0.2) is 0 Å². The Morgan fingerprint density at radius 3 is 2.47 bits per heavy atom. The largest absolute Gasteiger partial charge is 0.468 e. The Morgan fingerprint density at radius 2 is 2.00 bits per heavy atom. The minimum Gasteiger partial charge on any atom is -0.468 e. The summed E-state index contributed by atoms with van der Waals surface area (Å²) >= 11 is 0. The van der Waals surface area contributed by atoms with Crippen molar-refractivity contribution in [2.45, 2.75) is 32.7 Å². The molecular formula is C12H26N2O3. The first-order valence-electron chi connectivity index (χ1n) is 6.15. The lowest BCUT2D eigenvalue weighted by Crippen LogP contribution is -2.48. The lowest BCUT2D eigenvalue weighted by atomic mass is 9.99. The molecule has 1 atom stereocenters. The third kappa shape index (κ3) is 6.61. The van der Waals surface area contributed by atoms with Gasteiger partial charge < -0.3 is 20.1 Å². The zero-order valence-electron chi connectivity index (χ0n) is 11.5. The molecule has 0 rings (SSSR count). The number of hydrogen-bond acceptors (Lipinski definition) is 5. The van der Waals surface area contributed by atoms with Gasteiger partial charge >= 0.3 is 5.97 Å². The van der Waals surface area contributed by atoms with E-state index in [0.717, 1.165) is 26.2 Å². The summed E-state index contributed by atoms with van der Waals surface area (Å²) in [5.74, 6) is -0.363. The van der Waals surface area contributed by atoms with Crippen molar-refractivity contribution >= 4 is 5.97 Å². The van der Waals surface area contributed by atoms with Crippen LogP contribution in [0.5, 0.6) is 0 Å². The third-order valence-corrected chi connectivity index (χ3v) is 2.80. The summed E-state index contributed by atoms with van der Waals surface area (Å²) in [5, 5.41) is 0. The van der Waals surface area contributed by atoms with Gasteiger partial charge in [-0.1, -0.05) is 6.92 Å². The Labute approximate surface area is 104 Å². The summed E-state index contributed by atoms with van der Waals surface area (Å²) in [5.41, 5.74) is 4.99. The molecule has 1 unspecified atom stereocenters. The number of carbonyl (C=O) groups is 1. The Balaban J connectivity index is 4.00. The predicted octanol–water partition coefficient (Wildman–Crippen LogP) is 0.625. The van der Waals surface area contributed by atoms with Crippen LogP contribution in [0.1, 0.15) is 27.2 Å². The standard InChI is InChI=1S/C12H26N2O3/c1-5-14(9-10-17-6-2)8-7-12(3,13)11(15)16-4/h5-10,13H2,1-4H3. The molecule has 0 heterocycles. The molecule has 17 heavy (non-hydrogen) atoms. The lowest BCUT2D eigenvalue weighted by Gasteiger charge is -2.26. The fourth-order valence-electron chi connectivity index (χ4n) is 1.49. The number of methoxy groups -OCH3 is 1. The van der Waals surface area contributed by atoms with Crippen molar-refractivity contribution in [2.75, 3.05) is 40.0 Å². The molecule has 102 valence electrons. The van der Waals surface area contributed by atoms with E-state index in [4.69, 9.17) is 10.5 Å². The molecule has 0 saturated heterocycles. The number of rotatable bonds is 9. The molecule has 0 amide bonds. The maximum Gasteiger partial charge on any atom is 0.325 e. The number of hydrogen-bond donors (Lipinski definition) is 1. The molecule has 0 aliphatic rings. The first-order valence-corrected chi connectivity index (χ1v) is 6.15. The van der Waals surface area contributed by atoms with Crippen LogP contribution in [0.3, 0.4) is 0 Å². The second-order valence-corrected chi connectivity index (χ2v) is 4.29. The normalized spacial score (nSPS) is 14.7. The minimum atomic E-state index is -0.909. The third-order valence-electron chi connectivity index (χ3n) is 2.80. The maximum atomic E-state index is 11.4. The molecule has 0 aliphatic carbocycles. The fraction of sp³-hybridized carbons (Fsp3) is 0.917. The quantitative estimate of drug-likeness (QED) is 0.477. The minimum absolute atomic E-state index is 0.363. The van der Waals surface area contributed by atoms with E-state index in [1.165, 1.54) is 7.11 Å². The zero-order valence-corrected chi connectivity index (χ0v) is 11.5. The van der Waals surface area contributed by atoms with Gasteiger partial charge in [0.05, 0.1) is 13.7 Å². The summed E-state index contributed by atoms with van der Waals surface area (Å²) < 4.78 is 9.97.